The third kappa shape index (κ3) is 4.76. The lowest BCUT2D eigenvalue weighted by molar-refractivity contribution is 1.01. The van der Waals surface area contributed by atoms with Crippen molar-refractivity contribution in [3.63, 3.8) is 0 Å². The Morgan fingerprint density at radius 2 is 1.05 bits per heavy atom. The van der Waals surface area contributed by atoms with Gasteiger partial charge in [0.25, 0.3) is 0 Å². The molecule has 5 aromatic carbocycles. The van der Waals surface area contributed by atoms with Crippen molar-refractivity contribution in [2.75, 3.05) is 0 Å². The summed E-state index contributed by atoms with van der Waals surface area (Å²) < 4.78 is 1.23. The van der Waals surface area contributed by atoms with Crippen molar-refractivity contribution in [3.05, 3.63) is 144 Å². The molecule has 0 fully saturated rings. The summed E-state index contributed by atoms with van der Waals surface area (Å²) in [5.74, 6) is 2.04. The highest BCUT2D eigenvalue weighted by Crippen LogP contribution is 2.41. The first-order valence-corrected chi connectivity index (χ1v) is 15.4. The molecule has 43 heavy (non-hydrogen) atoms. The molecule has 4 heteroatoms. The summed E-state index contributed by atoms with van der Waals surface area (Å²) in [6.07, 6.45) is 6.69. The van der Waals surface area contributed by atoms with Gasteiger partial charge in [0, 0.05) is 26.3 Å². The third-order valence-corrected chi connectivity index (χ3v) is 9.31. The van der Waals surface area contributed by atoms with Gasteiger partial charge in [0.1, 0.15) is 0 Å². The maximum absolute atomic E-state index is 5.17. The minimum atomic E-state index is 0.667. The van der Waals surface area contributed by atoms with E-state index in [9.17, 15) is 0 Å². The van der Waals surface area contributed by atoms with E-state index in [1.807, 2.05) is 23.5 Å². The fraction of sp³-hybridized carbons (Fsp3) is 0.0513. The second kappa shape index (κ2) is 10.9. The second-order valence-electron chi connectivity index (χ2n) is 10.7. The number of rotatable bonds is 5. The van der Waals surface area contributed by atoms with Crippen LogP contribution in [0.4, 0.5) is 0 Å². The Labute approximate surface area is 254 Å². The molecule has 0 aliphatic heterocycles. The highest BCUT2D eigenvalue weighted by Gasteiger charge is 2.20. The number of allylic oxidation sites excluding steroid dienone is 1. The van der Waals surface area contributed by atoms with Gasteiger partial charge in [-0.05, 0) is 58.2 Å². The average molecular weight is 570 g/mol. The number of thiophene rings is 1. The van der Waals surface area contributed by atoms with E-state index >= 15 is 0 Å². The van der Waals surface area contributed by atoms with Gasteiger partial charge >= 0.3 is 0 Å². The Hall–Kier alpha value is -5.19. The largest absolute Gasteiger partial charge is 0.208 e. The van der Waals surface area contributed by atoms with Gasteiger partial charge in [0.2, 0.25) is 0 Å². The van der Waals surface area contributed by atoms with Gasteiger partial charge in [-0.1, -0.05) is 127 Å². The lowest BCUT2D eigenvalue weighted by Crippen LogP contribution is -2.01. The van der Waals surface area contributed by atoms with Crippen LogP contribution in [0.15, 0.2) is 133 Å². The molecule has 0 unspecified atom stereocenters. The number of hydrogen-bond donors (Lipinski definition) is 0. The van der Waals surface area contributed by atoms with Crippen molar-refractivity contribution in [3.8, 4) is 56.4 Å². The molecule has 0 radical (unpaired) electrons. The zero-order valence-electron chi connectivity index (χ0n) is 23.4. The molecular weight excluding hydrogens is 543 g/mol. The molecule has 7 aromatic rings. The molecule has 1 aliphatic carbocycles. The van der Waals surface area contributed by atoms with Gasteiger partial charge in [-0.2, -0.15) is 0 Å². The zero-order valence-corrected chi connectivity index (χ0v) is 24.3. The van der Waals surface area contributed by atoms with Crippen LogP contribution in [0.1, 0.15) is 16.9 Å². The molecule has 2 heterocycles. The van der Waals surface area contributed by atoms with Crippen LogP contribution in [0.5, 0.6) is 0 Å². The van der Waals surface area contributed by atoms with Gasteiger partial charge in [-0.15, -0.1) is 11.3 Å². The molecule has 1 aliphatic rings. The molecule has 0 saturated heterocycles. The van der Waals surface area contributed by atoms with Crippen LogP contribution >= 0.6 is 11.3 Å². The van der Waals surface area contributed by atoms with Crippen molar-refractivity contribution < 1.29 is 0 Å². The first-order valence-electron chi connectivity index (χ1n) is 14.6. The smallest absolute Gasteiger partial charge is 0.165 e. The van der Waals surface area contributed by atoms with Crippen LogP contribution in [0.25, 0.3) is 72.6 Å². The highest BCUT2D eigenvalue weighted by atomic mass is 32.1. The Kier molecular flexibility index (Phi) is 6.47. The number of nitrogens with zero attached hydrogens (tertiary/aromatic N) is 3. The zero-order chi connectivity index (χ0) is 28.6. The minimum absolute atomic E-state index is 0.667. The Bertz CT molecular complexity index is 2110. The van der Waals surface area contributed by atoms with Crippen LogP contribution in [0.3, 0.4) is 0 Å². The summed E-state index contributed by atoms with van der Waals surface area (Å²) in [6.45, 7) is 0. The van der Waals surface area contributed by atoms with E-state index in [4.69, 9.17) is 15.0 Å². The fourth-order valence-corrected chi connectivity index (χ4v) is 7.20. The molecule has 3 nitrogen and oxygen atoms in total. The molecule has 0 amide bonds. The summed E-state index contributed by atoms with van der Waals surface area (Å²) >= 11 is 1.84. The van der Waals surface area contributed by atoms with Gasteiger partial charge in [-0.3, -0.25) is 0 Å². The SMILES string of the molecule is C1=Cc2sc3c(-c4nc(-c5ccc(-c6ccccc6)cc5)nc(-c5ccccc5-c5ccccc5)n4)cccc3c2CC1. The lowest BCUT2D eigenvalue weighted by Gasteiger charge is -2.12. The van der Waals surface area contributed by atoms with Crippen LogP contribution in [-0.4, -0.2) is 15.0 Å². The molecule has 8 rings (SSSR count). The number of aromatic nitrogens is 3. The highest BCUT2D eigenvalue weighted by molar-refractivity contribution is 7.20. The number of hydrogen-bond acceptors (Lipinski definition) is 4. The monoisotopic (exact) mass is 569 g/mol. The van der Waals surface area contributed by atoms with Crippen molar-refractivity contribution in [2.24, 2.45) is 0 Å². The quantitative estimate of drug-likeness (QED) is 0.207. The molecule has 2 aromatic heterocycles. The van der Waals surface area contributed by atoms with Gasteiger partial charge in [0.05, 0.1) is 0 Å². The van der Waals surface area contributed by atoms with E-state index in [-0.39, 0.29) is 0 Å². The van der Waals surface area contributed by atoms with Crippen LogP contribution < -0.4 is 0 Å². The first-order chi connectivity index (χ1) is 21.3. The summed E-state index contributed by atoms with van der Waals surface area (Å²) in [5, 5.41) is 1.31. The lowest BCUT2D eigenvalue weighted by atomic mass is 9.98. The van der Waals surface area contributed by atoms with Crippen molar-refractivity contribution >= 4 is 27.5 Å². The van der Waals surface area contributed by atoms with Crippen LogP contribution in [0, 0.1) is 0 Å². The molecule has 204 valence electrons. The van der Waals surface area contributed by atoms with Gasteiger partial charge < -0.3 is 0 Å². The summed E-state index contributed by atoms with van der Waals surface area (Å²) in [4.78, 5) is 16.7. The maximum atomic E-state index is 5.17. The third-order valence-electron chi connectivity index (χ3n) is 8.06. The van der Waals surface area contributed by atoms with Crippen LogP contribution in [-0.2, 0) is 6.42 Å². The number of benzene rings is 5. The number of fused-ring (bicyclic) bond motifs is 3. The number of aryl methyl sites for hydroxylation is 1. The molecular formula is C39H27N3S. The van der Waals surface area contributed by atoms with Crippen molar-refractivity contribution in [1.29, 1.82) is 0 Å². The van der Waals surface area contributed by atoms with E-state index in [0.717, 1.165) is 46.2 Å². The Morgan fingerprint density at radius 1 is 0.465 bits per heavy atom. The van der Waals surface area contributed by atoms with E-state index in [1.54, 1.807) is 0 Å². The molecule has 0 atom stereocenters. The topological polar surface area (TPSA) is 38.7 Å². The molecule has 0 N–H and O–H groups in total. The Morgan fingerprint density at radius 3 is 1.81 bits per heavy atom. The predicted molar refractivity (Wildman–Crippen MR) is 180 cm³/mol. The van der Waals surface area contributed by atoms with Crippen molar-refractivity contribution in [1.82, 2.24) is 15.0 Å². The molecule has 0 spiro atoms. The van der Waals surface area contributed by atoms with E-state index in [0.29, 0.717) is 17.5 Å². The normalized spacial score (nSPS) is 12.4. The van der Waals surface area contributed by atoms with E-state index in [1.165, 1.54) is 26.1 Å². The summed E-state index contributed by atoms with van der Waals surface area (Å²) in [5.41, 5.74) is 9.01. The van der Waals surface area contributed by atoms with E-state index in [2.05, 4.69) is 127 Å². The molecule has 0 saturated carbocycles. The summed E-state index contributed by atoms with van der Waals surface area (Å²) in [7, 11) is 0. The van der Waals surface area contributed by atoms with E-state index < -0.39 is 0 Å². The standard InChI is InChI=1S/C39H27N3S/c1-3-12-26(13-4-1)27-22-24-29(25-23-27)37-40-38(33-18-8-7-16-30(33)28-14-5-2-6-15-28)42-39(41-37)34-20-11-19-32-31-17-9-10-21-35(31)43-36(32)34/h1-8,10-16,18-25H,9,17H2. The first kappa shape index (κ1) is 25.5. The predicted octanol–water partition coefficient (Wildman–Crippen LogP) is 10.4. The van der Waals surface area contributed by atoms with Crippen LogP contribution in [0.2, 0.25) is 0 Å². The average Bonchev–Trinajstić information content (AvgIpc) is 3.48. The molecule has 0 bridgehead atoms. The van der Waals surface area contributed by atoms with Gasteiger partial charge in [-0.25, -0.2) is 15.0 Å². The Balaban J connectivity index is 1.33. The fourth-order valence-electron chi connectivity index (χ4n) is 5.91. The van der Waals surface area contributed by atoms with Gasteiger partial charge in [0.15, 0.2) is 17.5 Å². The summed E-state index contributed by atoms with van der Waals surface area (Å²) in [6, 6.07) is 44.3. The second-order valence-corrected chi connectivity index (χ2v) is 11.8. The minimum Gasteiger partial charge on any atom is -0.208 e. The van der Waals surface area contributed by atoms with Crippen molar-refractivity contribution in [2.45, 2.75) is 12.8 Å². The maximum Gasteiger partial charge on any atom is 0.165 e.